The second-order valence-electron chi connectivity index (χ2n) is 7.78. The highest BCUT2D eigenvalue weighted by Gasteiger charge is 2.29. The summed E-state index contributed by atoms with van der Waals surface area (Å²) in [5.74, 6) is 0.260. The third-order valence-corrected chi connectivity index (χ3v) is 7.62. The Hall–Kier alpha value is -2.25. The van der Waals surface area contributed by atoms with Crippen molar-refractivity contribution in [1.82, 2.24) is 4.98 Å². The summed E-state index contributed by atoms with van der Waals surface area (Å²) in [6.45, 7) is 2.44. The lowest BCUT2D eigenvalue weighted by Crippen LogP contribution is -2.30. The van der Waals surface area contributed by atoms with Gasteiger partial charge < -0.3 is 10.8 Å². The number of aliphatic hydroxyl groups excluding tert-OH is 1. The van der Waals surface area contributed by atoms with E-state index in [0.717, 1.165) is 41.6 Å². The summed E-state index contributed by atoms with van der Waals surface area (Å²) >= 11 is 0. The van der Waals surface area contributed by atoms with Crippen molar-refractivity contribution in [2.24, 2.45) is 16.6 Å². The highest BCUT2D eigenvalue weighted by molar-refractivity contribution is 7.91. The second-order valence-corrected chi connectivity index (χ2v) is 9.81. The number of sulfone groups is 1. The lowest BCUT2D eigenvalue weighted by Gasteiger charge is -2.27. The van der Waals surface area contributed by atoms with Crippen molar-refractivity contribution >= 4 is 15.7 Å². The lowest BCUT2D eigenvalue weighted by atomic mass is 9.88. The number of aliphatic hydroxyl groups is 1. The average molecular weight is 400 g/mol. The highest BCUT2D eigenvalue weighted by Crippen LogP contribution is 2.30. The van der Waals surface area contributed by atoms with Gasteiger partial charge in [0.05, 0.1) is 29.0 Å². The van der Waals surface area contributed by atoms with Crippen LogP contribution in [0.1, 0.15) is 42.5 Å². The monoisotopic (exact) mass is 399 g/mol. The predicted molar refractivity (Wildman–Crippen MR) is 109 cm³/mol. The SMILES string of the molecule is Cc1cc(S(=O)(=O)CC2CCCCC2O)ccc1-c1ccc2c(n1)C(N)=NC2. The number of aliphatic imine (C=N–C) groups is 1. The van der Waals surface area contributed by atoms with Gasteiger partial charge in [-0.15, -0.1) is 0 Å². The van der Waals surface area contributed by atoms with Crippen LogP contribution in [0, 0.1) is 12.8 Å². The van der Waals surface area contributed by atoms with Crippen LogP contribution in [-0.4, -0.2) is 36.2 Å². The topological polar surface area (TPSA) is 106 Å². The van der Waals surface area contributed by atoms with Gasteiger partial charge in [0, 0.05) is 11.1 Å². The minimum absolute atomic E-state index is 0.00293. The van der Waals surface area contributed by atoms with Gasteiger partial charge in [-0.05, 0) is 49.4 Å². The molecule has 6 nitrogen and oxygen atoms in total. The van der Waals surface area contributed by atoms with E-state index in [1.807, 2.05) is 19.1 Å². The van der Waals surface area contributed by atoms with Crippen molar-refractivity contribution < 1.29 is 13.5 Å². The number of aryl methyl sites for hydroxylation is 1. The van der Waals surface area contributed by atoms with Crippen LogP contribution in [0.4, 0.5) is 0 Å². The van der Waals surface area contributed by atoms with Crippen LogP contribution in [0.5, 0.6) is 0 Å². The summed E-state index contributed by atoms with van der Waals surface area (Å²) in [6, 6.07) is 9.03. The molecule has 4 rings (SSSR count). The van der Waals surface area contributed by atoms with Gasteiger partial charge >= 0.3 is 0 Å². The van der Waals surface area contributed by atoms with E-state index in [2.05, 4.69) is 9.98 Å². The summed E-state index contributed by atoms with van der Waals surface area (Å²) in [5, 5.41) is 10.1. The van der Waals surface area contributed by atoms with Crippen molar-refractivity contribution in [3.8, 4) is 11.3 Å². The molecule has 2 unspecified atom stereocenters. The molecule has 0 radical (unpaired) electrons. The predicted octanol–water partition coefficient (Wildman–Crippen LogP) is 2.60. The molecule has 0 saturated heterocycles. The van der Waals surface area contributed by atoms with Crippen LogP contribution in [0.15, 0.2) is 40.2 Å². The molecule has 1 saturated carbocycles. The Labute approximate surface area is 165 Å². The first-order valence-corrected chi connectivity index (χ1v) is 11.3. The number of amidine groups is 1. The summed E-state index contributed by atoms with van der Waals surface area (Å²) in [4.78, 5) is 9.12. The number of fused-ring (bicyclic) bond motifs is 1. The summed E-state index contributed by atoms with van der Waals surface area (Å²) in [6.07, 6.45) is 2.88. The molecule has 0 bridgehead atoms. The van der Waals surface area contributed by atoms with Crippen LogP contribution in [0.3, 0.4) is 0 Å². The highest BCUT2D eigenvalue weighted by atomic mass is 32.2. The molecule has 1 aromatic heterocycles. The number of nitrogens with zero attached hydrogens (tertiary/aromatic N) is 2. The standard InChI is InChI=1S/C21H25N3O3S/c1-13-10-16(28(26,27)12-15-4-2-3-5-19(15)25)7-8-17(13)18-9-6-14-11-23-21(22)20(14)24-18/h6-10,15,19,25H,2-5,11-12H2,1H3,(H2,22,23). The summed E-state index contributed by atoms with van der Waals surface area (Å²) in [7, 11) is -3.45. The number of nitrogens with two attached hydrogens (primary N) is 1. The number of pyridine rings is 1. The van der Waals surface area contributed by atoms with Crippen LogP contribution in [-0.2, 0) is 16.4 Å². The Kier molecular flexibility index (Phi) is 4.97. The van der Waals surface area contributed by atoms with E-state index in [9.17, 15) is 13.5 Å². The average Bonchev–Trinajstić information content (AvgIpc) is 3.04. The van der Waals surface area contributed by atoms with Crippen molar-refractivity contribution in [1.29, 1.82) is 0 Å². The zero-order valence-electron chi connectivity index (χ0n) is 15.9. The minimum atomic E-state index is -3.45. The molecular weight excluding hydrogens is 374 g/mol. The van der Waals surface area contributed by atoms with Gasteiger partial charge in [-0.3, -0.25) is 4.99 Å². The first-order chi connectivity index (χ1) is 13.3. The molecule has 1 aliphatic heterocycles. The normalized spacial score (nSPS) is 22.0. The Bertz CT molecular complexity index is 1050. The zero-order valence-corrected chi connectivity index (χ0v) is 16.7. The van der Waals surface area contributed by atoms with Gasteiger partial charge in [-0.25, -0.2) is 13.4 Å². The van der Waals surface area contributed by atoms with Crippen molar-refractivity contribution in [2.75, 3.05) is 5.75 Å². The van der Waals surface area contributed by atoms with Gasteiger partial charge in [0.1, 0.15) is 11.5 Å². The maximum absolute atomic E-state index is 12.9. The van der Waals surface area contributed by atoms with Gasteiger partial charge in [-0.2, -0.15) is 0 Å². The Morgan fingerprint density at radius 1 is 1.18 bits per heavy atom. The zero-order chi connectivity index (χ0) is 19.9. The smallest absolute Gasteiger partial charge is 0.178 e. The van der Waals surface area contributed by atoms with Crippen molar-refractivity contribution in [3.05, 3.63) is 47.2 Å². The van der Waals surface area contributed by atoms with Crippen molar-refractivity contribution in [3.63, 3.8) is 0 Å². The fourth-order valence-electron chi connectivity index (χ4n) is 4.11. The van der Waals surface area contributed by atoms with Gasteiger partial charge in [0.15, 0.2) is 9.84 Å². The molecule has 1 aliphatic carbocycles. The van der Waals surface area contributed by atoms with E-state index in [-0.39, 0.29) is 11.7 Å². The van der Waals surface area contributed by atoms with E-state index in [4.69, 9.17) is 5.73 Å². The maximum Gasteiger partial charge on any atom is 0.178 e. The van der Waals surface area contributed by atoms with Crippen molar-refractivity contribution in [2.45, 2.75) is 50.2 Å². The number of hydrogen-bond acceptors (Lipinski definition) is 6. The molecule has 2 atom stereocenters. The fraction of sp³-hybridized carbons (Fsp3) is 0.429. The fourth-order valence-corrected chi connectivity index (χ4v) is 5.89. The van der Waals surface area contributed by atoms with Crippen LogP contribution in [0.25, 0.3) is 11.3 Å². The molecule has 2 aliphatic rings. The molecule has 0 amide bonds. The largest absolute Gasteiger partial charge is 0.393 e. The third-order valence-electron chi connectivity index (χ3n) is 5.78. The van der Waals surface area contributed by atoms with E-state index in [1.54, 1.807) is 18.2 Å². The van der Waals surface area contributed by atoms with E-state index >= 15 is 0 Å². The van der Waals surface area contributed by atoms with Gasteiger partial charge in [0.2, 0.25) is 0 Å². The Balaban J connectivity index is 1.61. The molecule has 148 valence electrons. The maximum atomic E-state index is 12.9. The first-order valence-electron chi connectivity index (χ1n) is 9.67. The summed E-state index contributed by atoms with van der Waals surface area (Å²) in [5.41, 5.74) is 10.1. The van der Waals surface area contributed by atoms with Crippen LogP contribution >= 0.6 is 0 Å². The molecule has 3 N–H and O–H groups in total. The molecule has 28 heavy (non-hydrogen) atoms. The Morgan fingerprint density at radius 3 is 2.71 bits per heavy atom. The van der Waals surface area contributed by atoms with Gasteiger partial charge in [-0.1, -0.05) is 25.0 Å². The van der Waals surface area contributed by atoms with Gasteiger partial charge in [0.25, 0.3) is 0 Å². The molecule has 1 fully saturated rings. The molecule has 2 aromatic rings. The molecule has 7 heteroatoms. The number of hydrogen-bond donors (Lipinski definition) is 2. The van der Waals surface area contributed by atoms with Crippen LogP contribution in [0.2, 0.25) is 0 Å². The molecular formula is C21H25N3O3S. The lowest BCUT2D eigenvalue weighted by molar-refractivity contribution is 0.0807. The van der Waals surface area contributed by atoms with E-state index < -0.39 is 15.9 Å². The first kappa shape index (κ1) is 19.1. The van der Waals surface area contributed by atoms with E-state index in [0.29, 0.717) is 29.4 Å². The number of aromatic nitrogens is 1. The molecule has 1 aromatic carbocycles. The van der Waals surface area contributed by atoms with Crippen LogP contribution < -0.4 is 5.73 Å². The van der Waals surface area contributed by atoms with E-state index in [1.165, 1.54) is 0 Å². The third kappa shape index (κ3) is 3.56. The quantitative estimate of drug-likeness (QED) is 0.822. The Morgan fingerprint density at radius 2 is 1.96 bits per heavy atom. The molecule has 0 spiro atoms. The second kappa shape index (κ2) is 7.29. The number of rotatable bonds is 4. The molecule has 2 heterocycles. The minimum Gasteiger partial charge on any atom is -0.393 e. The number of benzene rings is 1. The summed E-state index contributed by atoms with van der Waals surface area (Å²) < 4.78 is 25.8.